The maximum Gasteiger partial charge on any atom is 0.219 e. The molecule has 86 valence electrons. The SMILES string of the molecule is CC(=O)N1CC(c2ccccc2)NCC1C. The molecule has 2 rings (SSSR count). The molecule has 0 aliphatic carbocycles. The van der Waals surface area contributed by atoms with Crippen molar-refractivity contribution in [3.63, 3.8) is 0 Å². The number of nitrogens with one attached hydrogen (secondary N) is 1. The van der Waals surface area contributed by atoms with Gasteiger partial charge in [0.05, 0.1) is 0 Å². The zero-order valence-electron chi connectivity index (χ0n) is 9.81. The molecule has 2 atom stereocenters. The monoisotopic (exact) mass is 218 g/mol. The lowest BCUT2D eigenvalue weighted by molar-refractivity contribution is -0.132. The fraction of sp³-hybridized carbons (Fsp3) is 0.462. The number of amides is 1. The lowest BCUT2D eigenvalue weighted by atomic mass is 10.0. The smallest absolute Gasteiger partial charge is 0.219 e. The van der Waals surface area contributed by atoms with Gasteiger partial charge in [0.1, 0.15) is 0 Å². The van der Waals surface area contributed by atoms with Crippen LogP contribution in [0.25, 0.3) is 0 Å². The largest absolute Gasteiger partial charge is 0.337 e. The van der Waals surface area contributed by atoms with E-state index in [9.17, 15) is 4.79 Å². The van der Waals surface area contributed by atoms with E-state index in [2.05, 4.69) is 24.4 Å². The van der Waals surface area contributed by atoms with Gasteiger partial charge in [-0.15, -0.1) is 0 Å². The second kappa shape index (κ2) is 4.66. The van der Waals surface area contributed by atoms with E-state index in [1.165, 1.54) is 5.56 Å². The number of rotatable bonds is 1. The molecule has 1 aliphatic heterocycles. The lowest BCUT2D eigenvalue weighted by Crippen LogP contribution is -2.53. The third-order valence-electron chi connectivity index (χ3n) is 3.18. The van der Waals surface area contributed by atoms with Gasteiger partial charge >= 0.3 is 0 Å². The highest BCUT2D eigenvalue weighted by Crippen LogP contribution is 2.19. The van der Waals surface area contributed by atoms with Crippen molar-refractivity contribution in [3.05, 3.63) is 35.9 Å². The molecule has 0 radical (unpaired) electrons. The second-order valence-electron chi connectivity index (χ2n) is 4.39. The van der Waals surface area contributed by atoms with Gasteiger partial charge in [0.2, 0.25) is 5.91 Å². The summed E-state index contributed by atoms with van der Waals surface area (Å²) in [5.74, 6) is 0.162. The molecule has 1 aliphatic rings. The molecule has 1 N–H and O–H groups in total. The molecule has 1 heterocycles. The zero-order valence-corrected chi connectivity index (χ0v) is 9.81. The first kappa shape index (κ1) is 11.1. The van der Waals surface area contributed by atoms with E-state index in [0.29, 0.717) is 0 Å². The lowest BCUT2D eigenvalue weighted by Gasteiger charge is -2.38. The summed E-state index contributed by atoms with van der Waals surface area (Å²) in [7, 11) is 0. The van der Waals surface area contributed by atoms with E-state index in [1.54, 1.807) is 6.92 Å². The Morgan fingerprint density at radius 1 is 1.38 bits per heavy atom. The normalized spacial score (nSPS) is 25.5. The van der Waals surface area contributed by atoms with Crippen LogP contribution in [0.2, 0.25) is 0 Å². The summed E-state index contributed by atoms with van der Waals surface area (Å²) in [6.45, 7) is 5.35. The summed E-state index contributed by atoms with van der Waals surface area (Å²) in [6, 6.07) is 10.8. The van der Waals surface area contributed by atoms with E-state index in [-0.39, 0.29) is 18.0 Å². The fourth-order valence-electron chi connectivity index (χ4n) is 2.21. The van der Waals surface area contributed by atoms with Crippen LogP contribution in [0.5, 0.6) is 0 Å². The van der Waals surface area contributed by atoms with Crippen molar-refractivity contribution in [1.29, 1.82) is 0 Å². The van der Waals surface area contributed by atoms with Crippen molar-refractivity contribution in [1.82, 2.24) is 10.2 Å². The molecule has 1 saturated heterocycles. The minimum Gasteiger partial charge on any atom is -0.337 e. The molecular weight excluding hydrogens is 200 g/mol. The number of carbonyl (C=O) groups is 1. The predicted molar refractivity (Wildman–Crippen MR) is 64.0 cm³/mol. The topological polar surface area (TPSA) is 32.3 Å². The van der Waals surface area contributed by atoms with Gasteiger partial charge in [-0.1, -0.05) is 30.3 Å². The molecule has 0 aromatic heterocycles. The van der Waals surface area contributed by atoms with Crippen LogP contribution in [0, 0.1) is 0 Å². The summed E-state index contributed by atoms with van der Waals surface area (Å²) in [6.07, 6.45) is 0. The van der Waals surface area contributed by atoms with Crippen molar-refractivity contribution in [3.8, 4) is 0 Å². The average Bonchev–Trinajstić information content (AvgIpc) is 2.30. The summed E-state index contributed by atoms with van der Waals surface area (Å²) in [4.78, 5) is 13.4. The molecule has 1 aromatic carbocycles. The highest BCUT2D eigenvalue weighted by Gasteiger charge is 2.27. The van der Waals surface area contributed by atoms with Crippen LogP contribution in [0.15, 0.2) is 30.3 Å². The van der Waals surface area contributed by atoms with Crippen molar-refractivity contribution in [2.24, 2.45) is 0 Å². The third kappa shape index (κ3) is 2.25. The van der Waals surface area contributed by atoms with Gasteiger partial charge in [0.15, 0.2) is 0 Å². The minimum atomic E-state index is 0.162. The summed E-state index contributed by atoms with van der Waals surface area (Å²) in [5, 5.41) is 3.48. The summed E-state index contributed by atoms with van der Waals surface area (Å²) in [5.41, 5.74) is 1.25. The first-order chi connectivity index (χ1) is 7.68. The molecule has 2 unspecified atom stereocenters. The first-order valence-electron chi connectivity index (χ1n) is 5.74. The number of carbonyl (C=O) groups excluding carboxylic acids is 1. The fourth-order valence-corrected chi connectivity index (χ4v) is 2.21. The Hall–Kier alpha value is -1.35. The highest BCUT2D eigenvalue weighted by molar-refractivity contribution is 5.73. The molecule has 1 fully saturated rings. The average molecular weight is 218 g/mol. The van der Waals surface area contributed by atoms with Crippen molar-refractivity contribution < 1.29 is 4.79 Å². The Labute approximate surface area is 96.5 Å². The number of hydrogen-bond donors (Lipinski definition) is 1. The number of nitrogens with zero attached hydrogens (tertiary/aromatic N) is 1. The molecular formula is C13H18N2O. The van der Waals surface area contributed by atoms with Gasteiger partial charge in [-0.3, -0.25) is 4.79 Å². The maximum absolute atomic E-state index is 11.5. The molecule has 1 amide bonds. The molecule has 1 aromatic rings. The Morgan fingerprint density at radius 2 is 2.06 bits per heavy atom. The Morgan fingerprint density at radius 3 is 2.69 bits per heavy atom. The van der Waals surface area contributed by atoms with Crippen LogP contribution in [-0.4, -0.2) is 29.9 Å². The first-order valence-corrected chi connectivity index (χ1v) is 5.74. The van der Waals surface area contributed by atoms with Gasteiger partial charge in [-0.2, -0.15) is 0 Å². The summed E-state index contributed by atoms with van der Waals surface area (Å²) >= 11 is 0. The van der Waals surface area contributed by atoms with Crippen molar-refractivity contribution >= 4 is 5.91 Å². The van der Waals surface area contributed by atoms with Gasteiger partial charge in [-0.05, 0) is 12.5 Å². The van der Waals surface area contributed by atoms with E-state index in [0.717, 1.165) is 13.1 Å². The van der Waals surface area contributed by atoms with Gasteiger partial charge in [-0.25, -0.2) is 0 Å². The minimum absolute atomic E-state index is 0.162. The van der Waals surface area contributed by atoms with Crippen LogP contribution < -0.4 is 5.32 Å². The van der Waals surface area contributed by atoms with Gasteiger partial charge < -0.3 is 10.2 Å². The maximum atomic E-state index is 11.5. The number of piperazine rings is 1. The zero-order chi connectivity index (χ0) is 11.5. The van der Waals surface area contributed by atoms with Crippen LogP contribution in [-0.2, 0) is 4.79 Å². The number of benzene rings is 1. The standard InChI is InChI=1S/C13H18N2O/c1-10-8-14-13(9-15(10)11(2)16)12-6-4-3-5-7-12/h3-7,10,13-14H,8-9H2,1-2H3. The van der Waals surface area contributed by atoms with Crippen molar-refractivity contribution in [2.45, 2.75) is 25.9 Å². The number of hydrogen-bond acceptors (Lipinski definition) is 2. The van der Waals surface area contributed by atoms with Crippen molar-refractivity contribution in [2.75, 3.05) is 13.1 Å². The Bertz CT molecular complexity index is 363. The van der Waals surface area contributed by atoms with Gasteiger partial charge in [0, 0.05) is 32.1 Å². The van der Waals surface area contributed by atoms with E-state index < -0.39 is 0 Å². The second-order valence-corrected chi connectivity index (χ2v) is 4.39. The van der Waals surface area contributed by atoms with Crippen LogP contribution in [0.4, 0.5) is 0 Å². The molecule has 3 nitrogen and oxygen atoms in total. The van der Waals surface area contributed by atoms with Crippen LogP contribution in [0.1, 0.15) is 25.5 Å². The van der Waals surface area contributed by atoms with Crippen LogP contribution in [0.3, 0.4) is 0 Å². The van der Waals surface area contributed by atoms with E-state index in [4.69, 9.17) is 0 Å². The molecule has 16 heavy (non-hydrogen) atoms. The Kier molecular flexibility index (Phi) is 3.25. The van der Waals surface area contributed by atoms with E-state index in [1.807, 2.05) is 23.1 Å². The quantitative estimate of drug-likeness (QED) is 0.776. The Balaban J connectivity index is 2.12. The van der Waals surface area contributed by atoms with Gasteiger partial charge in [0.25, 0.3) is 0 Å². The molecule has 0 saturated carbocycles. The molecule has 3 heteroatoms. The summed E-state index contributed by atoms with van der Waals surface area (Å²) < 4.78 is 0. The highest BCUT2D eigenvalue weighted by atomic mass is 16.2. The molecule has 0 spiro atoms. The predicted octanol–water partition coefficient (Wildman–Crippen LogP) is 1.57. The van der Waals surface area contributed by atoms with E-state index >= 15 is 0 Å². The van der Waals surface area contributed by atoms with Crippen LogP contribution >= 0.6 is 0 Å². The third-order valence-corrected chi connectivity index (χ3v) is 3.18. The molecule has 0 bridgehead atoms.